The molecular formula is C9H19NO2S. The molecule has 0 amide bonds. The second-order valence-corrected chi connectivity index (χ2v) is 6.07. The molecule has 1 N–H and O–H groups in total. The van der Waals surface area contributed by atoms with Crippen LogP contribution in [0, 0.1) is 0 Å². The number of piperidine rings is 1. The average molecular weight is 205 g/mol. The fourth-order valence-corrected chi connectivity index (χ4v) is 3.65. The lowest BCUT2D eigenvalue weighted by Gasteiger charge is -2.22. The van der Waals surface area contributed by atoms with Crippen molar-refractivity contribution in [3.05, 3.63) is 0 Å². The predicted molar refractivity (Wildman–Crippen MR) is 54.6 cm³/mol. The van der Waals surface area contributed by atoms with Crippen LogP contribution in [0.5, 0.6) is 0 Å². The van der Waals surface area contributed by atoms with Crippen LogP contribution in [0.3, 0.4) is 0 Å². The van der Waals surface area contributed by atoms with Crippen LogP contribution < -0.4 is 5.32 Å². The summed E-state index contributed by atoms with van der Waals surface area (Å²) in [7, 11) is -2.79. The van der Waals surface area contributed by atoms with E-state index in [1.54, 1.807) is 0 Å². The van der Waals surface area contributed by atoms with E-state index in [-0.39, 0.29) is 5.25 Å². The van der Waals surface area contributed by atoms with E-state index in [0.29, 0.717) is 5.75 Å². The molecule has 0 aliphatic carbocycles. The van der Waals surface area contributed by atoms with Gasteiger partial charge in [0.25, 0.3) is 0 Å². The van der Waals surface area contributed by atoms with Gasteiger partial charge in [0.1, 0.15) is 0 Å². The van der Waals surface area contributed by atoms with Crippen molar-refractivity contribution in [2.45, 2.75) is 37.9 Å². The molecule has 1 rings (SSSR count). The van der Waals surface area contributed by atoms with E-state index in [1.807, 2.05) is 6.92 Å². The summed E-state index contributed by atoms with van der Waals surface area (Å²) in [4.78, 5) is 0. The van der Waals surface area contributed by atoms with Gasteiger partial charge in [-0.1, -0.05) is 13.3 Å². The molecule has 1 fully saturated rings. The van der Waals surface area contributed by atoms with E-state index in [9.17, 15) is 8.42 Å². The summed E-state index contributed by atoms with van der Waals surface area (Å²) in [5, 5.41) is 3.11. The summed E-state index contributed by atoms with van der Waals surface area (Å²) < 4.78 is 23.4. The first-order valence-corrected chi connectivity index (χ1v) is 6.80. The van der Waals surface area contributed by atoms with Crippen LogP contribution in [0.15, 0.2) is 0 Å². The van der Waals surface area contributed by atoms with Crippen LogP contribution in [-0.2, 0) is 9.84 Å². The van der Waals surface area contributed by atoms with Crippen molar-refractivity contribution in [3.8, 4) is 0 Å². The van der Waals surface area contributed by atoms with E-state index in [4.69, 9.17) is 0 Å². The van der Waals surface area contributed by atoms with Crippen molar-refractivity contribution >= 4 is 9.84 Å². The van der Waals surface area contributed by atoms with E-state index < -0.39 is 9.84 Å². The molecule has 78 valence electrons. The highest BCUT2D eigenvalue weighted by molar-refractivity contribution is 7.92. The third-order valence-electron chi connectivity index (χ3n) is 2.58. The van der Waals surface area contributed by atoms with Gasteiger partial charge in [-0.2, -0.15) is 0 Å². The van der Waals surface area contributed by atoms with Crippen molar-refractivity contribution in [2.24, 2.45) is 0 Å². The molecule has 1 heterocycles. The quantitative estimate of drug-likeness (QED) is 0.743. The van der Waals surface area contributed by atoms with Gasteiger partial charge in [0.05, 0.1) is 11.0 Å². The lowest BCUT2D eigenvalue weighted by atomic mass is 10.2. The maximum absolute atomic E-state index is 11.7. The fourth-order valence-electron chi connectivity index (χ4n) is 1.67. The smallest absolute Gasteiger partial charge is 0.153 e. The number of hydrogen-bond acceptors (Lipinski definition) is 3. The van der Waals surface area contributed by atoms with Crippen molar-refractivity contribution in [3.63, 3.8) is 0 Å². The SMILES string of the molecule is CCCCS(=O)(=O)C1CCNCC1. The second-order valence-electron chi connectivity index (χ2n) is 3.67. The van der Waals surface area contributed by atoms with Gasteiger partial charge in [0.15, 0.2) is 9.84 Å². The van der Waals surface area contributed by atoms with Gasteiger partial charge in [0.2, 0.25) is 0 Å². The third-order valence-corrected chi connectivity index (χ3v) is 4.92. The largest absolute Gasteiger partial charge is 0.317 e. The minimum Gasteiger partial charge on any atom is -0.317 e. The molecule has 3 nitrogen and oxygen atoms in total. The normalized spacial score (nSPS) is 20.4. The maximum atomic E-state index is 11.7. The molecule has 0 aromatic heterocycles. The number of rotatable bonds is 4. The monoisotopic (exact) mass is 205 g/mol. The van der Waals surface area contributed by atoms with E-state index in [2.05, 4.69) is 5.32 Å². The van der Waals surface area contributed by atoms with E-state index >= 15 is 0 Å². The zero-order valence-electron chi connectivity index (χ0n) is 8.25. The standard InChI is InChI=1S/C9H19NO2S/c1-2-3-8-13(11,12)9-4-6-10-7-5-9/h9-10H,2-8H2,1H3. The van der Waals surface area contributed by atoms with Crippen molar-refractivity contribution in [1.29, 1.82) is 0 Å². The number of hydrogen-bond donors (Lipinski definition) is 1. The first kappa shape index (κ1) is 11.0. The Morgan fingerprint density at radius 1 is 1.31 bits per heavy atom. The zero-order chi connectivity index (χ0) is 9.73. The van der Waals surface area contributed by atoms with Crippen LogP contribution in [0.4, 0.5) is 0 Å². The highest BCUT2D eigenvalue weighted by atomic mass is 32.2. The summed E-state index contributed by atoms with van der Waals surface area (Å²) in [6, 6.07) is 0. The van der Waals surface area contributed by atoms with Crippen LogP contribution in [0.1, 0.15) is 32.6 Å². The zero-order valence-corrected chi connectivity index (χ0v) is 9.07. The first-order valence-electron chi connectivity index (χ1n) is 5.09. The van der Waals surface area contributed by atoms with Gasteiger partial charge in [0, 0.05) is 0 Å². The molecule has 1 aliphatic heterocycles. The number of sulfone groups is 1. The minimum atomic E-state index is -2.79. The van der Waals surface area contributed by atoms with Gasteiger partial charge in [-0.05, 0) is 32.4 Å². The Balaban J connectivity index is 2.47. The molecule has 0 spiro atoms. The summed E-state index contributed by atoms with van der Waals surface area (Å²) in [6.45, 7) is 3.74. The van der Waals surface area contributed by atoms with Gasteiger partial charge in [-0.25, -0.2) is 8.42 Å². The van der Waals surface area contributed by atoms with Gasteiger partial charge in [-0.15, -0.1) is 0 Å². The summed E-state index contributed by atoms with van der Waals surface area (Å²) in [5.41, 5.74) is 0. The summed E-state index contributed by atoms with van der Waals surface area (Å²) >= 11 is 0. The Morgan fingerprint density at radius 2 is 1.92 bits per heavy atom. The third kappa shape index (κ3) is 3.27. The van der Waals surface area contributed by atoms with Crippen molar-refractivity contribution in [2.75, 3.05) is 18.8 Å². The van der Waals surface area contributed by atoms with Crippen LogP contribution in [0.25, 0.3) is 0 Å². The second kappa shape index (κ2) is 4.96. The Hall–Kier alpha value is -0.0900. The fraction of sp³-hybridized carbons (Fsp3) is 1.00. The van der Waals surface area contributed by atoms with E-state index in [1.165, 1.54) is 0 Å². The molecule has 4 heteroatoms. The molecule has 0 unspecified atom stereocenters. The highest BCUT2D eigenvalue weighted by Gasteiger charge is 2.25. The summed E-state index contributed by atoms with van der Waals surface area (Å²) in [6.07, 6.45) is 3.37. The van der Waals surface area contributed by atoms with Crippen LogP contribution in [-0.4, -0.2) is 32.5 Å². The molecular weight excluding hydrogens is 186 g/mol. The van der Waals surface area contributed by atoms with Gasteiger partial charge < -0.3 is 5.32 Å². The molecule has 0 radical (unpaired) electrons. The lowest BCUT2D eigenvalue weighted by Crippen LogP contribution is -2.36. The van der Waals surface area contributed by atoms with Gasteiger partial charge >= 0.3 is 0 Å². The Morgan fingerprint density at radius 3 is 2.46 bits per heavy atom. The molecule has 0 atom stereocenters. The maximum Gasteiger partial charge on any atom is 0.153 e. The average Bonchev–Trinajstić information content (AvgIpc) is 2.16. The molecule has 0 bridgehead atoms. The summed E-state index contributed by atoms with van der Waals surface area (Å²) in [5.74, 6) is 0.383. The van der Waals surface area contributed by atoms with Crippen LogP contribution >= 0.6 is 0 Å². The minimum absolute atomic E-state index is 0.0692. The molecule has 1 aliphatic rings. The van der Waals surface area contributed by atoms with Crippen LogP contribution in [0.2, 0.25) is 0 Å². The Kier molecular flexibility index (Phi) is 4.19. The van der Waals surface area contributed by atoms with Gasteiger partial charge in [-0.3, -0.25) is 0 Å². The lowest BCUT2D eigenvalue weighted by molar-refractivity contribution is 0.495. The first-order chi connectivity index (χ1) is 6.17. The topological polar surface area (TPSA) is 46.2 Å². The van der Waals surface area contributed by atoms with E-state index in [0.717, 1.165) is 38.8 Å². The van der Waals surface area contributed by atoms with Crippen molar-refractivity contribution < 1.29 is 8.42 Å². The predicted octanol–water partition coefficient (Wildman–Crippen LogP) is 0.953. The molecule has 0 saturated carbocycles. The molecule has 1 saturated heterocycles. The number of nitrogens with one attached hydrogen (secondary N) is 1. The van der Waals surface area contributed by atoms with Crippen molar-refractivity contribution in [1.82, 2.24) is 5.32 Å². The Labute approximate surface area is 80.8 Å². The molecule has 0 aromatic carbocycles. The highest BCUT2D eigenvalue weighted by Crippen LogP contribution is 2.15. The Bertz CT molecular complexity index is 230. The molecule has 13 heavy (non-hydrogen) atoms. The molecule has 0 aromatic rings. The number of unbranched alkanes of at least 4 members (excludes halogenated alkanes) is 1.